The molecule has 1 unspecified atom stereocenters. The van der Waals surface area contributed by atoms with Crippen LogP contribution < -0.4 is 0 Å². The number of hydrogen-bond acceptors (Lipinski definition) is 9. The van der Waals surface area contributed by atoms with Crippen molar-refractivity contribution in [1.82, 2.24) is 0 Å². The van der Waals surface area contributed by atoms with Crippen LogP contribution in [0.2, 0.25) is 0 Å². The summed E-state index contributed by atoms with van der Waals surface area (Å²) in [5.74, 6) is -0.990. The summed E-state index contributed by atoms with van der Waals surface area (Å²) in [5, 5.41) is 18.2. The molecule has 0 rings (SSSR count). The van der Waals surface area contributed by atoms with Crippen LogP contribution in [0.4, 0.5) is 0 Å². The number of phosphoric ester groups is 1. The Bertz CT molecular complexity index is 920. The van der Waals surface area contributed by atoms with Crippen LogP contribution in [0.1, 0.15) is 155 Å². The number of aliphatic hydroxyl groups is 2. The molecular formula is C38H69O10P. The summed E-state index contributed by atoms with van der Waals surface area (Å²) in [4.78, 5) is 34.7. The van der Waals surface area contributed by atoms with Crippen LogP contribution in [0, 0.1) is 0 Å². The molecule has 0 radical (unpaired) electrons. The quantitative estimate of drug-likeness (QED) is 0.0251. The normalized spacial score (nSPS) is 14.5. The first-order valence-electron chi connectivity index (χ1n) is 18.9. The van der Waals surface area contributed by atoms with Crippen LogP contribution in [0.15, 0.2) is 36.5 Å². The fourth-order valence-corrected chi connectivity index (χ4v) is 5.62. The maximum atomic E-state index is 12.5. The molecule has 10 nitrogen and oxygen atoms in total. The maximum absolute atomic E-state index is 12.5. The molecule has 11 heteroatoms. The van der Waals surface area contributed by atoms with Gasteiger partial charge in [-0.2, -0.15) is 0 Å². The van der Waals surface area contributed by atoms with Crippen molar-refractivity contribution in [3.8, 4) is 0 Å². The molecule has 0 heterocycles. The number of allylic oxidation sites excluding steroid dienone is 6. The number of aliphatic hydroxyl groups excluding tert-OH is 2. The van der Waals surface area contributed by atoms with Gasteiger partial charge in [0.05, 0.1) is 19.8 Å². The summed E-state index contributed by atoms with van der Waals surface area (Å²) in [5.41, 5.74) is 0. The minimum atomic E-state index is -4.62. The fourth-order valence-electron chi connectivity index (χ4n) is 4.83. The summed E-state index contributed by atoms with van der Waals surface area (Å²) in [7, 11) is -4.62. The Morgan fingerprint density at radius 1 is 0.612 bits per heavy atom. The molecule has 0 spiro atoms. The van der Waals surface area contributed by atoms with Gasteiger partial charge in [0, 0.05) is 12.8 Å². The smallest absolute Gasteiger partial charge is 0.462 e. The number of carbonyl (C=O) groups excluding carboxylic acids is 2. The lowest BCUT2D eigenvalue weighted by Crippen LogP contribution is -2.29. The zero-order valence-corrected chi connectivity index (χ0v) is 31.5. The zero-order chi connectivity index (χ0) is 36.3. The Hall–Kier alpha value is -1.81. The van der Waals surface area contributed by atoms with Crippen LogP contribution in [-0.4, -0.2) is 65.7 Å². The minimum Gasteiger partial charge on any atom is -0.462 e. The lowest BCUT2D eigenvalue weighted by Gasteiger charge is -2.20. The largest absolute Gasteiger partial charge is 0.472 e. The molecule has 0 fully saturated rings. The molecule has 0 aromatic rings. The molecule has 0 aliphatic rings. The first-order valence-corrected chi connectivity index (χ1v) is 20.4. The van der Waals surface area contributed by atoms with Crippen LogP contribution in [0.25, 0.3) is 0 Å². The van der Waals surface area contributed by atoms with Gasteiger partial charge in [0.15, 0.2) is 6.10 Å². The molecule has 0 aliphatic carbocycles. The molecule has 49 heavy (non-hydrogen) atoms. The molecule has 3 N–H and O–H groups in total. The van der Waals surface area contributed by atoms with Gasteiger partial charge in [-0.25, -0.2) is 4.57 Å². The van der Waals surface area contributed by atoms with E-state index < -0.39 is 51.8 Å². The third-order valence-corrected chi connectivity index (χ3v) is 8.75. The van der Waals surface area contributed by atoms with Crippen molar-refractivity contribution in [1.29, 1.82) is 0 Å². The average molecular weight is 717 g/mol. The van der Waals surface area contributed by atoms with Gasteiger partial charge in [0.1, 0.15) is 12.7 Å². The van der Waals surface area contributed by atoms with Crippen LogP contribution in [0.5, 0.6) is 0 Å². The second-order valence-electron chi connectivity index (χ2n) is 12.6. The summed E-state index contributed by atoms with van der Waals surface area (Å²) in [6.07, 6.45) is 32.8. The van der Waals surface area contributed by atoms with Crippen LogP contribution in [-0.2, 0) is 32.7 Å². The number of ether oxygens (including phenoxy) is 2. The van der Waals surface area contributed by atoms with Crippen molar-refractivity contribution >= 4 is 19.8 Å². The number of unbranched alkanes of at least 4 members (excludes halogenated alkanes) is 15. The Morgan fingerprint density at radius 3 is 1.65 bits per heavy atom. The summed E-state index contributed by atoms with van der Waals surface area (Å²) >= 11 is 0. The van der Waals surface area contributed by atoms with E-state index in [0.717, 1.165) is 38.5 Å². The van der Waals surface area contributed by atoms with Crippen molar-refractivity contribution in [2.24, 2.45) is 0 Å². The molecule has 286 valence electrons. The van der Waals surface area contributed by atoms with Crippen molar-refractivity contribution in [3.63, 3.8) is 0 Å². The van der Waals surface area contributed by atoms with E-state index in [0.29, 0.717) is 19.3 Å². The van der Waals surface area contributed by atoms with Gasteiger partial charge in [0.2, 0.25) is 0 Å². The van der Waals surface area contributed by atoms with Gasteiger partial charge in [0.25, 0.3) is 0 Å². The van der Waals surface area contributed by atoms with Gasteiger partial charge in [-0.15, -0.1) is 0 Å². The monoisotopic (exact) mass is 716 g/mol. The minimum absolute atomic E-state index is 0.114. The Balaban J connectivity index is 4.45. The third kappa shape index (κ3) is 34.4. The van der Waals surface area contributed by atoms with E-state index in [2.05, 4.69) is 48.8 Å². The summed E-state index contributed by atoms with van der Waals surface area (Å²) in [6, 6.07) is 0. The highest BCUT2D eigenvalue weighted by molar-refractivity contribution is 7.47. The molecule has 0 saturated heterocycles. The second-order valence-corrected chi connectivity index (χ2v) is 14.1. The van der Waals surface area contributed by atoms with E-state index in [1.165, 1.54) is 70.6 Å². The SMILES string of the molecule is CCCCCCCC/C=C/C/C=C/C/C=C/CCCC(=O)O[C@H](COC(=O)CCCCCCCCCCC)COP(=O)(O)OC[C@@H](O)CO. The number of rotatable bonds is 35. The van der Waals surface area contributed by atoms with Gasteiger partial charge in [-0.1, -0.05) is 134 Å². The van der Waals surface area contributed by atoms with E-state index in [9.17, 15) is 24.2 Å². The van der Waals surface area contributed by atoms with Crippen molar-refractivity contribution in [2.75, 3.05) is 26.4 Å². The van der Waals surface area contributed by atoms with Gasteiger partial charge in [-0.3, -0.25) is 18.6 Å². The molecule has 0 amide bonds. The highest BCUT2D eigenvalue weighted by Crippen LogP contribution is 2.43. The molecule has 3 atom stereocenters. The van der Waals surface area contributed by atoms with Gasteiger partial charge in [-0.05, 0) is 44.9 Å². The van der Waals surface area contributed by atoms with E-state index in [4.69, 9.17) is 19.1 Å². The third-order valence-electron chi connectivity index (χ3n) is 7.80. The first-order chi connectivity index (χ1) is 23.7. The average Bonchev–Trinajstić information content (AvgIpc) is 3.09. The molecule has 0 bridgehead atoms. The first kappa shape index (κ1) is 47.2. The van der Waals surface area contributed by atoms with Crippen molar-refractivity contribution in [2.45, 2.75) is 167 Å². The van der Waals surface area contributed by atoms with E-state index in [1.54, 1.807) is 0 Å². The molecule has 0 aromatic heterocycles. The highest BCUT2D eigenvalue weighted by Gasteiger charge is 2.27. The van der Waals surface area contributed by atoms with E-state index >= 15 is 0 Å². The Labute approximate surface area is 297 Å². The van der Waals surface area contributed by atoms with Gasteiger partial charge < -0.3 is 24.6 Å². The van der Waals surface area contributed by atoms with Gasteiger partial charge >= 0.3 is 19.8 Å². The van der Waals surface area contributed by atoms with Crippen LogP contribution in [0.3, 0.4) is 0 Å². The summed E-state index contributed by atoms with van der Waals surface area (Å²) < 4.78 is 32.4. The van der Waals surface area contributed by atoms with Crippen molar-refractivity contribution in [3.05, 3.63) is 36.5 Å². The highest BCUT2D eigenvalue weighted by atomic mass is 31.2. The van der Waals surface area contributed by atoms with E-state index in [-0.39, 0.29) is 19.4 Å². The molecule has 0 saturated carbocycles. The Kier molecular flexibility index (Phi) is 33.4. The molecule has 0 aromatic carbocycles. The maximum Gasteiger partial charge on any atom is 0.472 e. The predicted octanol–water partition coefficient (Wildman–Crippen LogP) is 9.22. The topological polar surface area (TPSA) is 149 Å². The van der Waals surface area contributed by atoms with E-state index in [1.807, 2.05) is 6.08 Å². The number of esters is 2. The fraction of sp³-hybridized carbons (Fsp3) is 0.789. The molecule has 0 aliphatic heterocycles. The number of carbonyl (C=O) groups is 2. The standard InChI is InChI=1S/C38H69O10P/c1-3-5-7-9-11-13-14-15-16-17-18-19-20-22-24-26-28-30-38(42)48-36(34-47-49(43,44)46-32-35(40)31-39)33-45-37(41)29-27-25-23-21-12-10-8-6-4-2/h15-16,18-19,22,24,35-36,39-40H,3-14,17,20-21,23,25-34H2,1-2H3,(H,43,44)/b16-15+,19-18+,24-22+/t35-,36+/m0/s1. The zero-order valence-electron chi connectivity index (χ0n) is 30.7. The van der Waals surface area contributed by atoms with Crippen molar-refractivity contribution < 1.29 is 47.8 Å². The number of phosphoric acid groups is 1. The molecular weight excluding hydrogens is 647 g/mol. The lowest BCUT2D eigenvalue weighted by molar-refractivity contribution is -0.161. The predicted molar refractivity (Wildman–Crippen MR) is 196 cm³/mol. The Morgan fingerprint density at radius 2 is 1.08 bits per heavy atom. The number of hydrogen-bond donors (Lipinski definition) is 3. The summed E-state index contributed by atoms with van der Waals surface area (Å²) in [6.45, 7) is 2.27. The second kappa shape index (κ2) is 34.6. The van der Waals surface area contributed by atoms with Crippen LogP contribution >= 0.6 is 7.82 Å². The lowest BCUT2D eigenvalue weighted by atomic mass is 10.1.